The van der Waals surface area contributed by atoms with Crippen molar-refractivity contribution in [2.24, 2.45) is 4.99 Å². The molecule has 0 atom stereocenters. The molecular formula is C18H31IN4. The van der Waals surface area contributed by atoms with Gasteiger partial charge in [0.15, 0.2) is 5.96 Å². The first-order valence-corrected chi connectivity index (χ1v) is 8.46. The second-order valence-electron chi connectivity index (χ2n) is 6.16. The van der Waals surface area contributed by atoms with E-state index in [0.717, 1.165) is 38.7 Å². The van der Waals surface area contributed by atoms with Crippen LogP contribution in [0.3, 0.4) is 0 Å². The van der Waals surface area contributed by atoms with Gasteiger partial charge in [-0.05, 0) is 38.9 Å². The molecule has 0 radical (unpaired) electrons. The number of guanidine groups is 1. The minimum Gasteiger partial charge on any atom is -0.357 e. The Balaban J connectivity index is 0.00000264. The summed E-state index contributed by atoms with van der Waals surface area (Å²) in [4.78, 5) is 7.12. The molecule has 0 aliphatic heterocycles. The first kappa shape index (κ1) is 20.2. The Morgan fingerprint density at radius 3 is 2.43 bits per heavy atom. The van der Waals surface area contributed by atoms with Crippen LogP contribution >= 0.6 is 24.0 Å². The van der Waals surface area contributed by atoms with Crippen LogP contribution in [0.2, 0.25) is 0 Å². The monoisotopic (exact) mass is 430 g/mol. The van der Waals surface area contributed by atoms with Gasteiger partial charge in [0, 0.05) is 25.0 Å². The van der Waals surface area contributed by atoms with Crippen LogP contribution < -0.4 is 10.6 Å². The molecule has 0 spiro atoms. The molecule has 0 aromatic heterocycles. The molecule has 1 aliphatic rings. The SMILES string of the molecule is CCNC(=NCC1(c2ccccc2)CC1)NCCN(C)CC.I. The van der Waals surface area contributed by atoms with Crippen LogP contribution in [-0.2, 0) is 5.41 Å². The molecule has 0 heterocycles. The zero-order chi connectivity index (χ0) is 15.8. The Kier molecular flexibility index (Phi) is 8.91. The summed E-state index contributed by atoms with van der Waals surface area (Å²) in [5.74, 6) is 0.939. The Bertz CT molecular complexity index is 471. The highest BCUT2D eigenvalue weighted by atomic mass is 127. The molecule has 0 saturated heterocycles. The standard InChI is InChI=1S/C18H30N4.HI/c1-4-19-17(20-13-14-22(3)5-2)21-15-18(11-12-18)16-9-7-6-8-10-16;/h6-10H,4-5,11-15H2,1-3H3,(H2,19,20,21);1H. The fourth-order valence-corrected chi connectivity index (χ4v) is 2.58. The van der Waals surface area contributed by atoms with Crippen molar-refractivity contribution in [2.45, 2.75) is 32.1 Å². The molecule has 5 heteroatoms. The predicted octanol–water partition coefficient (Wildman–Crippen LogP) is 2.84. The van der Waals surface area contributed by atoms with E-state index in [-0.39, 0.29) is 29.4 Å². The van der Waals surface area contributed by atoms with E-state index in [4.69, 9.17) is 4.99 Å². The zero-order valence-corrected chi connectivity index (χ0v) is 17.0. The van der Waals surface area contributed by atoms with Gasteiger partial charge in [-0.15, -0.1) is 24.0 Å². The summed E-state index contributed by atoms with van der Waals surface area (Å²) in [6, 6.07) is 10.8. The van der Waals surface area contributed by atoms with E-state index in [9.17, 15) is 0 Å². The zero-order valence-electron chi connectivity index (χ0n) is 14.6. The predicted molar refractivity (Wildman–Crippen MR) is 110 cm³/mol. The first-order valence-electron chi connectivity index (χ1n) is 8.46. The van der Waals surface area contributed by atoms with Crippen molar-refractivity contribution in [3.05, 3.63) is 35.9 Å². The third-order valence-electron chi connectivity index (χ3n) is 4.45. The van der Waals surface area contributed by atoms with Crippen molar-refractivity contribution in [3.8, 4) is 0 Å². The minimum atomic E-state index is 0. The summed E-state index contributed by atoms with van der Waals surface area (Å²) in [6.45, 7) is 9.09. The number of nitrogens with zero attached hydrogens (tertiary/aromatic N) is 2. The molecule has 23 heavy (non-hydrogen) atoms. The van der Waals surface area contributed by atoms with E-state index < -0.39 is 0 Å². The van der Waals surface area contributed by atoms with E-state index in [2.05, 4.69) is 66.8 Å². The molecule has 1 fully saturated rings. The van der Waals surface area contributed by atoms with Gasteiger partial charge in [-0.25, -0.2) is 0 Å². The smallest absolute Gasteiger partial charge is 0.191 e. The minimum absolute atomic E-state index is 0. The highest BCUT2D eigenvalue weighted by molar-refractivity contribution is 14.0. The number of nitrogens with one attached hydrogen (secondary N) is 2. The lowest BCUT2D eigenvalue weighted by atomic mass is 9.96. The van der Waals surface area contributed by atoms with Gasteiger partial charge in [0.25, 0.3) is 0 Å². The summed E-state index contributed by atoms with van der Waals surface area (Å²) in [7, 11) is 2.14. The maximum absolute atomic E-state index is 4.82. The molecule has 2 N–H and O–H groups in total. The molecule has 2 rings (SSSR count). The molecule has 0 unspecified atom stereocenters. The van der Waals surface area contributed by atoms with Crippen molar-refractivity contribution in [1.29, 1.82) is 0 Å². The van der Waals surface area contributed by atoms with Gasteiger partial charge >= 0.3 is 0 Å². The fraction of sp³-hybridized carbons (Fsp3) is 0.611. The molecule has 1 aliphatic carbocycles. The van der Waals surface area contributed by atoms with Crippen molar-refractivity contribution < 1.29 is 0 Å². The van der Waals surface area contributed by atoms with Crippen molar-refractivity contribution >= 4 is 29.9 Å². The van der Waals surface area contributed by atoms with Crippen LogP contribution in [0.1, 0.15) is 32.3 Å². The van der Waals surface area contributed by atoms with Crippen molar-refractivity contribution in [1.82, 2.24) is 15.5 Å². The van der Waals surface area contributed by atoms with Gasteiger partial charge in [-0.3, -0.25) is 4.99 Å². The van der Waals surface area contributed by atoms with Gasteiger partial charge in [0.1, 0.15) is 0 Å². The normalized spacial score (nSPS) is 15.9. The fourth-order valence-electron chi connectivity index (χ4n) is 2.58. The summed E-state index contributed by atoms with van der Waals surface area (Å²) in [5, 5.41) is 6.78. The van der Waals surface area contributed by atoms with E-state index in [1.165, 1.54) is 18.4 Å². The van der Waals surface area contributed by atoms with E-state index in [1.807, 2.05) is 0 Å². The lowest BCUT2D eigenvalue weighted by molar-refractivity contribution is 0.357. The van der Waals surface area contributed by atoms with Gasteiger partial charge < -0.3 is 15.5 Å². The lowest BCUT2D eigenvalue weighted by Gasteiger charge is -2.18. The number of rotatable bonds is 8. The van der Waals surface area contributed by atoms with Gasteiger partial charge in [0.05, 0.1) is 6.54 Å². The van der Waals surface area contributed by atoms with Gasteiger partial charge in [0.2, 0.25) is 0 Å². The maximum atomic E-state index is 4.82. The Hall–Kier alpha value is -0.820. The number of likely N-dealkylation sites (N-methyl/N-ethyl adjacent to an activating group) is 1. The van der Waals surface area contributed by atoms with Gasteiger partial charge in [-0.2, -0.15) is 0 Å². The highest BCUT2D eigenvalue weighted by Gasteiger charge is 2.43. The number of halogens is 1. The third-order valence-corrected chi connectivity index (χ3v) is 4.45. The van der Waals surface area contributed by atoms with E-state index in [1.54, 1.807) is 0 Å². The van der Waals surface area contributed by atoms with Crippen LogP contribution in [0, 0.1) is 0 Å². The molecular weight excluding hydrogens is 399 g/mol. The summed E-state index contributed by atoms with van der Waals surface area (Å²) < 4.78 is 0. The third kappa shape index (κ3) is 6.30. The average molecular weight is 430 g/mol. The quantitative estimate of drug-likeness (QED) is 0.379. The number of hydrogen-bond donors (Lipinski definition) is 2. The lowest BCUT2D eigenvalue weighted by Crippen LogP contribution is -2.41. The molecule has 130 valence electrons. The van der Waals surface area contributed by atoms with Crippen molar-refractivity contribution in [2.75, 3.05) is 39.8 Å². The largest absolute Gasteiger partial charge is 0.357 e. The molecule has 1 aromatic carbocycles. The number of hydrogen-bond acceptors (Lipinski definition) is 2. The summed E-state index contributed by atoms with van der Waals surface area (Å²) in [6.07, 6.45) is 2.50. The molecule has 4 nitrogen and oxygen atoms in total. The first-order chi connectivity index (χ1) is 10.7. The number of aliphatic imine (C=N–C) groups is 1. The number of benzene rings is 1. The Morgan fingerprint density at radius 1 is 1.17 bits per heavy atom. The summed E-state index contributed by atoms with van der Waals surface area (Å²) >= 11 is 0. The maximum Gasteiger partial charge on any atom is 0.191 e. The Morgan fingerprint density at radius 2 is 1.87 bits per heavy atom. The van der Waals surface area contributed by atoms with E-state index >= 15 is 0 Å². The molecule has 1 saturated carbocycles. The summed E-state index contributed by atoms with van der Waals surface area (Å²) in [5.41, 5.74) is 1.71. The topological polar surface area (TPSA) is 39.7 Å². The highest BCUT2D eigenvalue weighted by Crippen LogP contribution is 2.48. The Labute approximate surface area is 158 Å². The van der Waals surface area contributed by atoms with E-state index in [0.29, 0.717) is 0 Å². The van der Waals surface area contributed by atoms with Crippen LogP contribution in [-0.4, -0.2) is 50.6 Å². The molecule has 1 aromatic rings. The molecule has 0 amide bonds. The average Bonchev–Trinajstić information content (AvgIpc) is 3.34. The second-order valence-corrected chi connectivity index (χ2v) is 6.16. The molecule has 0 bridgehead atoms. The second kappa shape index (κ2) is 10.1. The van der Waals surface area contributed by atoms with Crippen LogP contribution in [0.25, 0.3) is 0 Å². The van der Waals surface area contributed by atoms with Gasteiger partial charge in [-0.1, -0.05) is 37.3 Å². The van der Waals surface area contributed by atoms with Crippen molar-refractivity contribution in [3.63, 3.8) is 0 Å². The van der Waals surface area contributed by atoms with Crippen LogP contribution in [0.5, 0.6) is 0 Å². The van der Waals surface area contributed by atoms with Crippen LogP contribution in [0.4, 0.5) is 0 Å². The van der Waals surface area contributed by atoms with Crippen LogP contribution in [0.15, 0.2) is 35.3 Å².